The van der Waals surface area contributed by atoms with Crippen LogP contribution in [0.3, 0.4) is 0 Å². The summed E-state index contributed by atoms with van der Waals surface area (Å²) in [6.07, 6.45) is 4.20. The number of fused-ring (bicyclic) bond motifs is 1. The van der Waals surface area contributed by atoms with Gasteiger partial charge in [0.1, 0.15) is 17.5 Å². The van der Waals surface area contributed by atoms with Crippen LogP contribution < -0.4 is 4.74 Å². The SMILES string of the molecule is C[C@H]1CN([C@@H](C)CO)C(=O)c2cc(-c3ccncc3)cnc2O[C@@H]1CN(C)S(=O)(=O)c1ccc(F)cc1. The van der Waals surface area contributed by atoms with E-state index in [1.165, 1.54) is 19.2 Å². The first-order valence-electron chi connectivity index (χ1n) is 11.8. The molecule has 1 aromatic carbocycles. The first-order valence-corrected chi connectivity index (χ1v) is 13.3. The smallest absolute Gasteiger partial charge is 0.259 e. The minimum absolute atomic E-state index is 0.0381. The molecule has 0 radical (unpaired) electrons. The lowest BCUT2D eigenvalue weighted by molar-refractivity contribution is 0.0373. The summed E-state index contributed by atoms with van der Waals surface area (Å²) in [7, 11) is -2.50. The number of carbonyl (C=O) groups excluding carboxylic acids is 1. The highest BCUT2D eigenvalue weighted by Gasteiger charge is 2.36. The van der Waals surface area contributed by atoms with Gasteiger partial charge in [0.25, 0.3) is 5.91 Å². The summed E-state index contributed by atoms with van der Waals surface area (Å²) in [4.78, 5) is 23.5. The minimum Gasteiger partial charge on any atom is -0.472 e. The number of hydrogen-bond acceptors (Lipinski definition) is 7. The number of rotatable bonds is 7. The molecule has 196 valence electrons. The zero-order valence-corrected chi connectivity index (χ0v) is 21.6. The van der Waals surface area contributed by atoms with E-state index >= 15 is 0 Å². The maximum atomic E-state index is 13.6. The zero-order chi connectivity index (χ0) is 26.7. The Morgan fingerprint density at radius 3 is 2.51 bits per heavy atom. The second kappa shape index (κ2) is 10.9. The number of benzene rings is 1. The summed E-state index contributed by atoms with van der Waals surface area (Å²) < 4.78 is 46.9. The van der Waals surface area contributed by atoms with Gasteiger partial charge in [-0.15, -0.1) is 0 Å². The van der Waals surface area contributed by atoms with E-state index in [9.17, 15) is 22.7 Å². The summed E-state index contributed by atoms with van der Waals surface area (Å²) in [5.74, 6) is -1.09. The van der Waals surface area contributed by atoms with E-state index in [-0.39, 0.29) is 47.9 Å². The Labute approximate surface area is 215 Å². The summed E-state index contributed by atoms with van der Waals surface area (Å²) in [6.45, 7) is 3.55. The van der Waals surface area contributed by atoms with Crippen molar-refractivity contribution < 1.29 is 27.4 Å². The largest absolute Gasteiger partial charge is 0.472 e. The molecule has 0 bridgehead atoms. The Morgan fingerprint density at radius 1 is 1.19 bits per heavy atom. The minimum atomic E-state index is -3.93. The Morgan fingerprint density at radius 2 is 1.86 bits per heavy atom. The van der Waals surface area contributed by atoms with Crippen molar-refractivity contribution in [3.05, 3.63) is 72.4 Å². The first kappa shape index (κ1) is 26.6. The van der Waals surface area contributed by atoms with E-state index in [4.69, 9.17) is 4.74 Å². The van der Waals surface area contributed by atoms with Gasteiger partial charge in [0.2, 0.25) is 15.9 Å². The average Bonchev–Trinajstić information content (AvgIpc) is 2.90. The number of hydrogen-bond donors (Lipinski definition) is 1. The number of sulfonamides is 1. The average molecular weight is 529 g/mol. The summed E-state index contributed by atoms with van der Waals surface area (Å²) in [6, 6.07) is 9.41. The van der Waals surface area contributed by atoms with Crippen LogP contribution in [0.4, 0.5) is 4.39 Å². The molecule has 0 aliphatic carbocycles. The molecule has 0 unspecified atom stereocenters. The van der Waals surface area contributed by atoms with Crippen LogP contribution >= 0.6 is 0 Å². The van der Waals surface area contributed by atoms with Gasteiger partial charge in [-0.2, -0.15) is 4.31 Å². The second-order valence-corrected chi connectivity index (χ2v) is 11.2. The molecule has 0 spiro atoms. The summed E-state index contributed by atoms with van der Waals surface area (Å²) >= 11 is 0. The molecular weight excluding hydrogens is 499 g/mol. The van der Waals surface area contributed by atoms with Crippen molar-refractivity contribution >= 4 is 15.9 Å². The quantitative estimate of drug-likeness (QED) is 0.502. The predicted octanol–water partition coefficient (Wildman–Crippen LogP) is 2.82. The van der Waals surface area contributed by atoms with Crippen LogP contribution in [0.2, 0.25) is 0 Å². The van der Waals surface area contributed by atoms with E-state index < -0.39 is 28.0 Å². The van der Waals surface area contributed by atoms with Gasteiger partial charge in [-0.1, -0.05) is 6.92 Å². The van der Waals surface area contributed by atoms with Crippen molar-refractivity contribution in [3.8, 4) is 17.0 Å². The van der Waals surface area contributed by atoms with E-state index in [2.05, 4.69) is 9.97 Å². The highest BCUT2D eigenvalue weighted by Crippen LogP contribution is 2.30. The van der Waals surface area contributed by atoms with E-state index in [1.54, 1.807) is 48.6 Å². The van der Waals surface area contributed by atoms with Gasteiger partial charge in [-0.3, -0.25) is 9.78 Å². The maximum Gasteiger partial charge on any atom is 0.259 e. The molecule has 0 saturated carbocycles. The highest BCUT2D eigenvalue weighted by molar-refractivity contribution is 7.89. The third-order valence-electron chi connectivity index (χ3n) is 6.49. The number of amides is 1. The molecule has 1 aliphatic rings. The zero-order valence-electron chi connectivity index (χ0n) is 20.8. The number of halogens is 1. The first-order chi connectivity index (χ1) is 17.6. The van der Waals surface area contributed by atoms with Crippen LogP contribution in [0.1, 0.15) is 24.2 Å². The topological polar surface area (TPSA) is 113 Å². The molecule has 11 heteroatoms. The van der Waals surface area contributed by atoms with E-state index in [0.717, 1.165) is 22.0 Å². The Kier molecular flexibility index (Phi) is 7.86. The van der Waals surface area contributed by atoms with Gasteiger partial charge < -0.3 is 14.7 Å². The van der Waals surface area contributed by atoms with Gasteiger partial charge >= 0.3 is 0 Å². The number of aliphatic hydroxyl groups excluding tert-OH is 1. The van der Waals surface area contributed by atoms with Crippen LogP contribution in [0.25, 0.3) is 11.1 Å². The summed E-state index contributed by atoms with van der Waals surface area (Å²) in [5.41, 5.74) is 1.73. The van der Waals surface area contributed by atoms with Crippen molar-refractivity contribution in [2.24, 2.45) is 5.92 Å². The van der Waals surface area contributed by atoms with Crippen molar-refractivity contribution in [2.75, 3.05) is 26.7 Å². The summed E-state index contributed by atoms with van der Waals surface area (Å²) in [5, 5.41) is 9.84. The van der Waals surface area contributed by atoms with Gasteiger partial charge in [0.05, 0.1) is 24.1 Å². The number of carbonyl (C=O) groups is 1. The molecular formula is C26H29FN4O5S. The molecule has 3 atom stereocenters. The van der Waals surface area contributed by atoms with E-state index in [0.29, 0.717) is 5.56 Å². The van der Waals surface area contributed by atoms with Crippen LogP contribution in [0.15, 0.2) is 66.0 Å². The monoisotopic (exact) mass is 528 g/mol. The van der Waals surface area contributed by atoms with Crippen molar-refractivity contribution in [1.82, 2.24) is 19.2 Å². The van der Waals surface area contributed by atoms with Crippen molar-refractivity contribution in [2.45, 2.75) is 30.9 Å². The molecule has 0 fully saturated rings. The van der Waals surface area contributed by atoms with Crippen molar-refractivity contribution in [1.29, 1.82) is 0 Å². The normalized spacial score (nSPS) is 19.1. The molecule has 3 aromatic rings. The van der Waals surface area contributed by atoms with Gasteiger partial charge in [-0.25, -0.2) is 17.8 Å². The number of ether oxygens (including phenoxy) is 1. The van der Waals surface area contributed by atoms with E-state index in [1.807, 2.05) is 6.92 Å². The molecule has 9 nitrogen and oxygen atoms in total. The third kappa shape index (κ3) is 5.63. The van der Waals surface area contributed by atoms with Crippen molar-refractivity contribution in [3.63, 3.8) is 0 Å². The molecule has 37 heavy (non-hydrogen) atoms. The number of likely N-dealkylation sites (N-methyl/N-ethyl adjacent to an activating group) is 1. The molecule has 1 aliphatic heterocycles. The fourth-order valence-corrected chi connectivity index (χ4v) is 5.34. The Bertz CT molecular complexity index is 1360. The predicted molar refractivity (Wildman–Crippen MR) is 135 cm³/mol. The van der Waals surface area contributed by atoms with Gasteiger partial charge in [0, 0.05) is 43.7 Å². The molecule has 1 N–H and O–H groups in total. The number of pyridine rings is 2. The Hall–Kier alpha value is -3.41. The molecule has 0 saturated heterocycles. The van der Waals surface area contributed by atoms with Crippen LogP contribution in [0.5, 0.6) is 5.88 Å². The molecule has 1 amide bonds. The maximum absolute atomic E-state index is 13.6. The highest BCUT2D eigenvalue weighted by atomic mass is 32.2. The standard InChI is InChI=1S/C26H29FN4O5S/c1-17-14-31(18(2)16-32)26(33)23-12-20(19-8-10-28-11-9-19)13-29-25(23)36-24(17)15-30(3)37(34,35)22-6-4-21(27)5-7-22/h4-13,17-18,24,32H,14-16H2,1-3H3/t17-,18-,24+/m0/s1. The lowest BCUT2D eigenvalue weighted by atomic mass is 9.99. The number of aliphatic hydroxyl groups is 1. The lowest BCUT2D eigenvalue weighted by Gasteiger charge is -2.37. The van der Waals surface area contributed by atoms with Crippen LogP contribution in [0, 0.1) is 11.7 Å². The Balaban J connectivity index is 1.70. The number of aromatic nitrogens is 2. The second-order valence-electron chi connectivity index (χ2n) is 9.17. The van der Waals surface area contributed by atoms with Crippen LogP contribution in [-0.4, -0.2) is 77.5 Å². The number of nitrogens with zero attached hydrogens (tertiary/aromatic N) is 4. The fraction of sp³-hybridized carbons (Fsp3) is 0.346. The third-order valence-corrected chi connectivity index (χ3v) is 8.33. The molecule has 3 heterocycles. The lowest BCUT2D eigenvalue weighted by Crippen LogP contribution is -2.50. The fourth-order valence-electron chi connectivity index (χ4n) is 4.16. The molecule has 2 aromatic heterocycles. The van der Waals surface area contributed by atoms with Gasteiger partial charge in [-0.05, 0) is 55.0 Å². The van der Waals surface area contributed by atoms with Gasteiger partial charge in [0.15, 0.2) is 0 Å². The van der Waals surface area contributed by atoms with Crippen LogP contribution in [-0.2, 0) is 10.0 Å². The molecule has 4 rings (SSSR count).